The molecule has 1 N–H and O–H groups in total. The molecule has 3 aromatic carbocycles. The van der Waals surface area contributed by atoms with Crippen LogP contribution in [0.3, 0.4) is 0 Å². The van der Waals surface area contributed by atoms with Gasteiger partial charge < -0.3 is 10.2 Å². The molecule has 0 saturated carbocycles. The quantitative estimate of drug-likeness (QED) is 0.414. The molecule has 0 aliphatic carbocycles. The first-order chi connectivity index (χ1) is 16.3. The molecule has 34 heavy (non-hydrogen) atoms. The molecule has 0 radical (unpaired) electrons. The van der Waals surface area contributed by atoms with Crippen LogP contribution >= 0.6 is 11.6 Å². The fourth-order valence-electron chi connectivity index (χ4n) is 3.75. The highest BCUT2D eigenvalue weighted by atomic mass is 35.5. The normalized spacial score (nSPS) is 11.8. The van der Waals surface area contributed by atoms with Crippen molar-refractivity contribution < 1.29 is 9.59 Å². The first-order valence-electron chi connectivity index (χ1n) is 11.7. The fraction of sp³-hybridized carbons (Fsp3) is 0.310. The van der Waals surface area contributed by atoms with E-state index in [0.29, 0.717) is 30.5 Å². The van der Waals surface area contributed by atoms with Crippen molar-refractivity contribution in [2.75, 3.05) is 6.54 Å². The smallest absolute Gasteiger partial charge is 0.243 e. The van der Waals surface area contributed by atoms with Gasteiger partial charge >= 0.3 is 0 Å². The minimum Gasteiger partial charge on any atom is -0.354 e. The molecule has 0 heterocycles. The Hall–Kier alpha value is -3.11. The number of carbonyl (C=O) groups is 2. The van der Waals surface area contributed by atoms with E-state index in [0.717, 1.165) is 22.3 Å². The molecule has 2 amide bonds. The number of rotatable bonds is 10. The van der Waals surface area contributed by atoms with Gasteiger partial charge in [-0.05, 0) is 41.7 Å². The third-order valence-corrected chi connectivity index (χ3v) is 5.95. The van der Waals surface area contributed by atoms with Crippen molar-refractivity contribution in [1.29, 1.82) is 0 Å². The van der Waals surface area contributed by atoms with Crippen LogP contribution in [0.15, 0.2) is 78.9 Å². The molecular weight excluding hydrogens is 444 g/mol. The monoisotopic (exact) mass is 476 g/mol. The molecule has 5 heteroatoms. The summed E-state index contributed by atoms with van der Waals surface area (Å²) in [6.07, 6.45) is 0.648. The second-order valence-electron chi connectivity index (χ2n) is 9.16. The van der Waals surface area contributed by atoms with Crippen molar-refractivity contribution >= 4 is 23.4 Å². The molecule has 0 bridgehead atoms. The molecule has 0 aromatic heterocycles. The largest absolute Gasteiger partial charge is 0.354 e. The fourth-order valence-corrected chi connectivity index (χ4v) is 3.87. The van der Waals surface area contributed by atoms with Gasteiger partial charge in [0.1, 0.15) is 6.04 Å². The van der Waals surface area contributed by atoms with Crippen LogP contribution in [0.2, 0.25) is 5.02 Å². The Bertz CT molecular complexity index is 1060. The predicted octanol–water partition coefficient (Wildman–Crippen LogP) is 5.60. The Morgan fingerprint density at radius 3 is 2.09 bits per heavy atom. The van der Waals surface area contributed by atoms with E-state index in [2.05, 4.69) is 19.2 Å². The van der Waals surface area contributed by atoms with E-state index in [9.17, 15) is 9.59 Å². The molecular formula is C29H33ClN2O2. The van der Waals surface area contributed by atoms with Crippen LogP contribution in [0.1, 0.15) is 36.1 Å². The molecule has 4 nitrogen and oxygen atoms in total. The molecule has 3 rings (SSSR count). The Balaban J connectivity index is 1.93. The second-order valence-corrected chi connectivity index (χ2v) is 9.59. The molecule has 1 atom stereocenters. The summed E-state index contributed by atoms with van der Waals surface area (Å²) in [5.74, 6) is 0.0919. The molecule has 0 spiro atoms. The molecule has 0 fully saturated rings. The summed E-state index contributed by atoms with van der Waals surface area (Å²) in [7, 11) is 0. The van der Waals surface area contributed by atoms with E-state index in [-0.39, 0.29) is 18.2 Å². The summed E-state index contributed by atoms with van der Waals surface area (Å²) < 4.78 is 0. The Labute approximate surface area is 207 Å². The van der Waals surface area contributed by atoms with Gasteiger partial charge in [-0.1, -0.05) is 97.7 Å². The number of halogens is 1. The lowest BCUT2D eigenvalue weighted by Gasteiger charge is -2.32. The topological polar surface area (TPSA) is 49.4 Å². The van der Waals surface area contributed by atoms with Gasteiger partial charge in [0.15, 0.2) is 0 Å². The van der Waals surface area contributed by atoms with Crippen molar-refractivity contribution in [3.05, 3.63) is 106 Å². The Morgan fingerprint density at radius 1 is 0.853 bits per heavy atom. The molecule has 178 valence electrons. The van der Waals surface area contributed by atoms with Gasteiger partial charge in [0, 0.05) is 24.5 Å². The summed E-state index contributed by atoms with van der Waals surface area (Å²) in [6.45, 7) is 7.07. The van der Waals surface area contributed by atoms with Crippen LogP contribution in [-0.4, -0.2) is 29.3 Å². The number of benzene rings is 3. The number of amides is 2. The van der Waals surface area contributed by atoms with Gasteiger partial charge in [-0.25, -0.2) is 0 Å². The van der Waals surface area contributed by atoms with Crippen LogP contribution in [-0.2, 0) is 29.0 Å². The summed E-state index contributed by atoms with van der Waals surface area (Å²) in [4.78, 5) is 28.8. The van der Waals surface area contributed by atoms with E-state index in [1.165, 1.54) is 0 Å². The van der Waals surface area contributed by atoms with E-state index in [4.69, 9.17) is 11.6 Å². The van der Waals surface area contributed by atoms with Gasteiger partial charge in [0.2, 0.25) is 11.8 Å². The maximum atomic E-state index is 13.7. The maximum Gasteiger partial charge on any atom is 0.243 e. The standard InChI is InChI=1S/C29H33ClN2O2/c1-21(2)19-31-29(34)27(17-23-7-5-4-6-8-23)32(20-25-11-9-22(3)10-12-25)28(33)18-24-13-15-26(30)16-14-24/h4-16,21,27H,17-20H2,1-3H3,(H,31,34)/t27-/m1/s1. The highest BCUT2D eigenvalue weighted by Gasteiger charge is 2.30. The highest BCUT2D eigenvalue weighted by molar-refractivity contribution is 6.30. The van der Waals surface area contributed by atoms with E-state index in [1.54, 1.807) is 17.0 Å². The average molecular weight is 477 g/mol. The first kappa shape index (κ1) is 25.5. The van der Waals surface area contributed by atoms with E-state index >= 15 is 0 Å². The van der Waals surface area contributed by atoms with Gasteiger partial charge in [-0.15, -0.1) is 0 Å². The van der Waals surface area contributed by atoms with Crippen LogP contribution in [0.5, 0.6) is 0 Å². The van der Waals surface area contributed by atoms with Crippen molar-refractivity contribution in [1.82, 2.24) is 10.2 Å². The average Bonchev–Trinajstić information content (AvgIpc) is 2.83. The lowest BCUT2D eigenvalue weighted by atomic mass is 10.0. The molecule has 0 unspecified atom stereocenters. The number of nitrogens with one attached hydrogen (secondary N) is 1. The zero-order valence-electron chi connectivity index (χ0n) is 20.1. The summed E-state index contributed by atoms with van der Waals surface area (Å²) in [5, 5.41) is 3.68. The first-order valence-corrected chi connectivity index (χ1v) is 12.1. The number of carbonyl (C=O) groups excluding carboxylic acids is 2. The van der Waals surface area contributed by atoms with Crippen molar-refractivity contribution in [3.8, 4) is 0 Å². The third kappa shape index (κ3) is 7.74. The third-order valence-electron chi connectivity index (χ3n) is 5.70. The minimum atomic E-state index is -0.623. The van der Waals surface area contributed by atoms with Crippen molar-refractivity contribution in [2.45, 2.75) is 46.2 Å². The molecule has 0 aliphatic rings. The van der Waals surface area contributed by atoms with Crippen molar-refractivity contribution in [3.63, 3.8) is 0 Å². The SMILES string of the molecule is Cc1ccc(CN(C(=O)Cc2ccc(Cl)cc2)[C@H](Cc2ccccc2)C(=O)NCC(C)C)cc1. The van der Waals surface area contributed by atoms with Gasteiger partial charge in [0.05, 0.1) is 6.42 Å². The predicted molar refractivity (Wildman–Crippen MR) is 139 cm³/mol. The Morgan fingerprint density at radius 2 is 1.47 bits per heavy atom. The van der Waals surface area contributed by atoms with E-state index < -0.39 is 6.04 Å². The van der Waals surface area contributed by atoms with Gasteiger partial charge in [-0.2, -0.15) is 0 Å². The minimum absolute atomic E-state index is 0.0940. The summed E-state index contributed by atoms with van der Waals surface area (Å²) in [6, 6.07) is 24.6. The zero-order chi connectivity index (χ0) is 24.5. The molecule has 0 aliphatic heterocycles. The number of hydrogen-bond acceptors (Lipinski definition) is 2. The van der Waals surface area contributed by atoms with Crippen LogP contribution < -0.4 is 5.32 Å². The van der Waals surface area contributed by atoms with Crippen molar-refractivity contribution in [2.24, 2.45) is 5.92 Å². The number of aryl methyl sites for hydroxylation is 1. The lowest BCUT2D eigenvalue weighted by Crippen LogP contribution is -2.51. The summed E-state index contributed by atoms with van der Waals surface area (Å²) in [5.41, 5.74) is 4.02. The summed E-state index contributed by atoms with van der Waals surface area (Å²) >= 11 is 6.03. The van der Waals surface area contributed by atoms with Gasteiger partial charge in [0.25, 0.3) is 0 Å². The number of hydrogen-bond donors (Lipinski definition) is 1. The highest BCUT2D eigenvalue weighted by Crippen LogP contribution is 2.18. The second kappa shape index (κ2) is 12.4. The lowest BCUT2D eigenvalue weighted by molar-refractivity contribution is -0.140. The molecule has 3 aromatic rings. The zero-order valence-corrected chi connectivity index (χ0v) is 20.9. The van der Waals surface area contributed by atoms with E-state index in [1.807, 2.05) is 73.7 Å². The number of nitrogens with zero attached hydrogens (tertiary/aromatic N) is 1. The van der Waals surface area contributed by atoms with Gasteiger partial charge in [-0.3, -0.25) is 9.59 Å². The molecule has 0 saturated heterocycles. The maximum absolute atomic E-state index is 13.7. The van der Waals surface area contributed by atoms with Crippen LogP contribution in [0, 0.1) is 12.8 Å². The van der Waals surface area contributed by atoms with Crippen LogP contribution in [0.25, 0.3) is 0 Å². The van der Waals surface area contributed by atoms with Crippen LogP contribution in [0.4, 0.5) is 0 Å². The Kier molecular flexibility index (Phi) is 9.29.